The van der Waals surface area contributed by atoms with Gasteiger partial charge < -0.3 is 24.6 Å². The zero-order chi connectivity index (χ0) is 25.5. The van der Waals surface area contributed by atoms with Gasteiger partial charge in [-0.3, -0.25) is 19.4 Å². The number of aromatic nitrogens is 2. The second kappa shape index (κ2) is 11.7. The van der Waals surface area contributed by atoms with Crippen molar-refractivity contribution >= 4 is 23.4 Å². The van der Waals surface area contributed by atoms with Gasteiger partial charge in [-0.2, -0.15) is 0 Å². The molecule has 0 radical (unpaired) electrons. The highest BCUT2D eigenvalue weighted by Crippen LogP contribution is 2.27. The first-order valence-corrected chi connectivity index (χ1v) is 11.7. The summed E-state index contributed by atoms with van der Waals surface area (Å²) in [5, 5.41) is 2.78. The number of ether oxygens (including phenoxy) is 2. The van der Waals surface area contributed by atoms with E-state index in [0.29, 0.717) is 36.5 Å². The Hall–Kier alpha value is -3.53. The van der Waals surface area contributed by atoms with Gasteiger partial charge in [-0.15, -0.1) is 0 Å². The standard InChI is InChI=1S/C25H33N5O5/c1-6-23(31)28-18-7-8-21-19(11-18)24(32)29(4)14-22(34-5)16(2)13-30(17(3)15-35-21)25(33)20-12-26-9-10-27-20/h7-12,16-17,22H,6,13-15H2,1-5H3,(H,28,31)/t16-,17-,22+/m0/s1. The number of benzene rings is 1. The van der Waals surface area contributed by atoms with Crippen molar-refractivity contribution in [2.75, 3.05) is 39.2 Å². The Kier molecular flexibility index (Phi) is 8.75. The fourth-order valence-electron chi connectivity index (χ4n) is 3.94. The molecular formula is C25H33N5O5. The van der Waals surface area contributed by atoms with Crippen LogP contribution in [-0.2, 0) is 9.53 Å². The molecule has 3 rings (SSSR count). The van der Waals surface area contributed by atoms with Crippen LogP contribution in [0.5, 0.6) is 5.75 Å². The van der Waals surface area contributed by atoms with Crippen molar-refractivity contribution in [1.82, 2.24) is 19.8 Å². The molecule has 1 aromatic carbocycles. The highest BCUT2D eigenvalue weighted by atomic mass is 16.5. The molecule has 1 aliphatic rings. The number of carbonyl (C=O) groups is 3. The molecule has 188 valence electrons. The lowest BCUT2D eigenvalue weighted by Gasteiger charge is -2.35. The van der Waals surface area contributed by atoms with E-state index >= 15 is 0 Å². The highest BCUT2D eigenvalue weighted by molar-refractivity contribution is 5.99. The molecule has 0 saturated carbocycles. The molecule has 0 saturated heterocycles. The minimum absolute atomic E-state index is 0.0904. The first kappa shape index (κ1) is 26.1. The summed E-state index contributed by atoms with van der Waals surface area (Å²) >= 11 is 0. The lowest BCUT2D eigenvalue weighted by molar-refractivity contribution is -0.115. The van der Waals surface area contributed by atoms with E-state index in [4.69, 9.17) is 9.47 Å². The Balaban J connectivity index is 1.98. The number of hydrogen-bond acceptors (Lipinski definition) is 7. The van der Waals surface area contributed by atoms with Gasteiger partial charge in [0.2, 0.25) is 5.91 Å². The average molecular weight is 484 g/mol. The lowest BCUT2D eigenvalue weighted by atomic mass is 10.0. The summed E-state index contributed by atoms with van der Waals surface area (Å²) in [6.07, 6.45) is 4.45. The zero-order valence-corrected chi connectivity index (χ0v) is 20.9. The van der Waals surface area contributed by atoms with Crippen LogP contribution >= 0.6 is 0 Å². The van der Waals surface area contributed by atoms with E-state index in [0.717, 1.165) is 0 Å². The van der Waals surface area contributed by atoms with Crippen LogP contribution in [-0.4, -0.2) is 83.5 Å². The van der Waals surface area contributed by atoms with Crippen LogP contribution in [0.1, 0.15) is 48.0 Å². The van der Waals surface area contributed by atoms with E-state index in [1.807, 2.05) is 13.8 Å². The van der Waals surface area contributed by atoms with Crippen LogP contribution < -0.4 is 10.1 Å². The average Bonchev–Trinajstić information content (AvgIpc) is 2.88. The molecule has 10 nitrogen and oxygen atoms in total. The maximum atomic E-state index is 13.4. The number of nitrogens with one attached hydrogen (secondary N) is 1. The molecule has 3 atom stereocenters. The number of amides is 3. The SMILES string of the molecule is CCC(=O)Nc1ccc2c(c1)C(=O)N(C)C[C@@H](OC)[C@@H](C)CN(C(=O)c1cnccn1)[C@@H](C)CO2. The van der Waals surface area contributed by atoms with E-state index < -0.39 is 0 Å². The smallest absolute Gasteiger partial charge is 0.274 e. The molecule has 0 unspecified atom stereocenters. The molecule has 0 fully saturated rings. The number of likely N-dealkylation sites (N-methyl/N-ethyl adjacent to an activating group) is 1. The van der Waals surface area contributed by atoms with Crippen LogP contribution in [0.4, 0.5) is 5.69 Å². The predicted octanol–water partition coefficient (Wildman–Crippen LogP) is 2.47. The van der Waals surface area contributed by atoms with Gasteiger partial charge in [0.15, 0.2) is 0 Å². The number of nitrogens with zero attached hydrogens (tertiary/aromatic N) is 4. The maximum absolute atomic E-state index is 13.4. The third-order valence-electron chi connectivity index (χ3n) is 6.09. The van der Waals surface area contributed by atoms with Gasteiger partial charge in [0.25, 0.3) is 11.8 Å². The van der Waals surface area contributed by atoms with Gasteiger partial charge in [-0.25, -0.2) is 4.98 Å². The Morgan fingerprint density at radius 1 is 1.23 bits per heavy atom. The molecule has 0 bridgehead atoms. The molecule has 3 amide bonds. The van der Waals surface area contributed by atoms with Gasteiger partial charge in [-0.1, -0.05) is 13.8 Å². The quantitative estimate of drug-likeness (QED) is 0.711. The fraction of sp³-hybridized carbons (Fsp3) is 0.480. The summed E-state index contributed by atoms with van der Waals surface area (Å²) in [4.78, 5) is 50.0. The first-order chi connectivity index (χ1) is 16.7. The summed E-state index contributed by atoms with van der Waals surface area (Å²) in [6.45, 7) is 6.47. The van der Waals surface area contributed by atoms with Gasteiger partial charge in [0.1, 0.15) is 18.1 Å². The molecule has 35 heavy (non-hydrogen) atoms. The summed E-state index contributed by atoms with van der Waals surface area (Å²) in [5.41, 5.74) is 1.08. The maximum Gasteiger partial charge on any atom is 0.274 e. The van der Waals surface area contributed by atoms with Gasteiger partial charge >= 0.3 is 0 Å². The highest BCUT2D eigenvalue weighted by Gasteiger charge is 2.31. The van der Waals surface area contributed by atoms with Crippen molar-refractivity contribution in [3.8, 4) is 5.75 Å². The number of rotatable bonds is 4. The Labute approximate surface area is 205 Å². The van der Waals surface area contributed by atoms with Crippen LogP contribution in [0.15, 0.2) is 36.8 Å². The second-order valence-electron chi connectivity index (χ2n) is 8.76. The largest absolute Gasteiger partial charge is 0.491 e. The zero-order valence-electron chi connectivity index (χ0n) is 20.9. The molecule has 1 aliphatic heterocycles. The van der Waals surface area contributed by atoms with Gasteiger partial charge in [0, 0.05) is 57.7 Å². The molecule has 1 N–H and O–H groups in total. The molecule has 2 aromatic rings. The normalized spacial score (nSPS) is 21.3. The molecular weight excluding hydrogens is 450 g/mol. The fourth-order valence-corrected chi connectivity index (χ4v) is 3.94. The summed E-state index contributed by atoms with van der Waals surface area (Å²) in [5.74, 6) is -0.372. The Bertz CT molecular complexity index is 1050. The van der Waals surface area contributed by atoms with E-state index in [-0.39, 0.29) is 48.1 Å². The van der Waals surface area contributed by atoms with Crippen molar-refractivity contribution in [3.05, 3.63) is 48.0 Å². The molecule has 0 aliphatic carbocycles. The number of fused-ring (bicyclic) bond motifs is 1. The number of hydrogen-bond donors (Lipinski definition) is 1. The number of carbonyl (C=O) groups excluding carboxylic acids is 3. The third kappa shape index (κ3) is 6.33. The van der Waals surface area contributed by atoms with Crippen LogP contribution in [0, 0.1) is 5.92 Å². The lowest BCUT2D eigenvalue weighted by Crippen LogP contribution is -2.48. The van der Waals surface area contributed by atoms with E-state index in [1.165, 1.54) is 18.6 Å². The summed E-state index contributed by atoms with van der Waals surface area (Å²) in [7, 11) is 3.29. The topological polar surface area (TPSA) is 114 Å². The Morgan fingerprint density at radius 3 is 2.66 bits per heavy atom. The van der Waals surface area contributed by atoms with E-state index in [2.05, 4.69) is 15.3 Å². The molecule has 1 aromatic heterocycles. The van der Waals surface area contributed by atoms with Gasteiger partial charge in [0.05, 0.1) is 23.9 Å². The summed E-state index contributed by atoms with van der Waals surface area (Å²) in [6, 6.07) is 4.64. The Morgan fingerprint density at radius 2 is 2.00 bits per heavy atom. The van der Waals surface area contributed by atoms with Crippen LogP contribution in [0.2, 0.25) is 0 Å². The number of anilines is 1. The van der Waals surface area contributed by atoms with E-state index in [1.54, 1.807) is 49.1 Å². The predicted molar refractivity (Wildman–Crippen MR) is 130 cm³/mol. The van der Waals surface area contributed by atoms with Crippen LogP contribution in [0.3, 0.4) is 0 Å². The minimum Gasteiger partial charge on any atom is -0.491 e. The minimum atomic E-state index is -0.330. The van der Waals surface area contributed by atoms with Crippen LogP contribution in [0.25, 0.3) is 0 Å². The second-order valence-corrected chi connectivity index (χ2v) is 8.76. The summed E-state index contributed by atoms with van der Waals surface area (Å²) < 4.78 is 11.8. The molecule has 2 heterocycles. The van der Waals surface area contributed by atoms with Gasteiger partial charge in [-0.05, 0) is 25.1 Å². The van der Waals surface area contributed by atoms with E-state index in [9.17, 15) is 14.4 Å². The van der Waals surface area contributed by atoms with Crippen molar-refractivity contribution < 1.29 is 23.9 Å². The first-order valence-electron chi connectivity index (χ1n) is 11.7. The van der Waals surface area contributed by atoms with Crippen molar-refractivity contribution in [2.45, 2.75) is 39.3 Å². The molecule has 0 spiro atoms. The van der Waals surface area contributed by atoms with Crippen molar-refractivity contribution in [3.63, 3.8) is 0 Å². The monoisotopic (exact) mass is 483 g/mol. The number of methoxy groups -OCH3 is 1. The molecule has 10 heteroatoms. The van der Waals surface area contributed by atoms with Crippen molar-refractivity contribution in [2.24, 2.45) is 5.92 Å². The van der Waals surface area contributed by atoms with Crippen molar-refractivity contribution in [1.29, 1.82) is 0 Å². The third-order valence-corrected chi connectivity index (χ3v) is 6.09.